The van der Waals surface area contributed by atoms with Crippen molar-refractivity contribution in [2.45, 2.75) is 32.2 Å². The van der Waals surface area contributed by atoms with Gasteiger partial charge in [0.25, 0.3) is 0 Å². The number of unbranched alkanes of at least 4 members (excludes halogenated alkanes) is 2. The standard InChI is InChI=1S/C16H23NO2/c1-13(17-10-6-3-7-11-18-2)16-12-14-8-4-5-9-15(14)19-16/h4-5,8-9,12-13,17H,3,6-7,10-11H2,1-2H3. The summed E-state index contributed by atoms with van der Waals surface area (Å²) in [6.45, 7) is 4.02. The largest absolute Gasteiger partial charge is 0.459 e. The summed E-state index contributed by atoms with van der Waals surface area (Å²) < 4.78 is 10.9. The Hall–Kier alpha value is -1.32. The lowest BCUT2D eigenvalue weighted by molar-refractivity contribution is 0.192. The highest BCUT2D eigenvalue weighted by atomic mass is 16.5. The number of hydrogen-bond acceptors (Lipinski definition) is 3. The first-order valence-electron chi connectivity index (χ1n) is 7.02. The van der Waals surface area contributed by atoms with Crippen LogP contribution in [0.3, 0.4) is 0 Å². The van der Waals surface area contributed by atoms with Crippen molar-refractivity contribution in [2.24, 2.45) is 0 Å². The maximum atomic E-state index is 5.84. The van der Waals surface area contributed by atoms with Crippen molar-refractivity contribution in [3.63, 3.8) is 0 Å². The summed E-state index contributed by atoms with van der Waals surface area (Å²) in [5.74, 6) is 1.01. The number of fused-ring (bicyclic) bond motifs is 1. The molecule has 1 aromatic heterocycles. The fraction of sp³-hybridized carbons (Fsp3) is 0.500. The van der Waals surface area contributed by atoms with E-state index in [-0.39, 0.29) is 6.04 Å². The molecule has 0 spiro atoms. The zero-order chi connectivity index (χ0) is 13.5. The molecule has 0 aliphatic rings. The number of rotatable bonds is 8. The number of para-hydroxylation sites is 1. The molecule has 19 heavy (non-hydrogen) atoms. The molecule has 3 heteroatoms. The van der Waals surface area contributed by atoms with Crippen molar-refractivity contribution in [3.05, 3.63) is 36.1 Å². The highest BCUT2D eigenvalue weighted by Gasteiger charge is 2.10. The Morgan fingerprint density at radius 1 is 1.21 bits per heavy atom. The van der Waals surface area contributed by atoms with Gasteiger partial charge in [-0.1, -0.05) is 18.2 Å². The quantitative estimate of drug-likeness (QED) is 0.732. The molecule has 0 saturated carbocycles. The molecule has 0 radical (unpaired) electrons. The van der Waals surface area contributed by atoms with Gasteiger partial charge < -0.3 is 14.5 Å². The van der Waals surface area contributed by atoms with Gasteiger partial charge in [-0.15, -0.1) is 0 Å². The van der Waals surface area contributed by atoms with E-state index in [2.05, 4.69) is 24.4 Å². The molecule has 0 bridgehead atoms. The van der Waals surface area contributed by atoms with E-state index in [1.165, 1.54) is 18.2 Å². The number of furan rings is 1. The molecule has 0 aliphatic carbocycles. The molecule has 1 atom stereocenters. The Morgan fingerprint density at radius 3 is 2.84 bits per heavy atom. The second kappa shape index (κ2) is 7.31. The van der Waals surface area contributed by atoms with E-state index in [0.717, 1.165) is 30.9 Å². The SMILES string of the molecule is COCCCCCNC(C)c1cc2ccccc2o1. The van der Waals surface area contributed by atoms with Crippen LogP contribution in [-0.4, -0.2) is 20.3 Å². The first-order chi connectivity index (χ1) is 9.31. The summed E-state index contributed by atoms with van der Waals surface area (Å²) in [5, 5.41) is 4.67. The van der Waals surface area contributed by atoms with Crippen LogP contribution in [0.15, 0.2) is 34.7 Å². The van der Waals surface area contributed by atoms with Crippen LogP contribution in [0.2, 0.25) is 0 Å². The lowest BCUT2D eigenvalue weighted by Gasteiger charge is -2.10. The Balaban J connectivity index is 1.78. The van der Waals surface area contributed by atoms with Crippen LogP contribution in [-0.2, 0) is 4.74 Å². The maximum absolute atomic E-state index is 5.84. The predicted octanol–water partition coefficient (Wildman–Crippen LogP) is 3.90. The van der Waals surface area contributed by atoms with Crippen LogP contribution in [0.25, 0.3) is 11.0 Å². The van der Waals surface area contributed by atoms with E-state index >= 15 is 0 Å². The van der Waals surface area contributed by atoms with E-state index < -0.39 is 0 Å². The van der Waals surface area contributed by atoms with Crippen LogP contribution >= 0.6 is 0 Å². The zero-order valence-electron chi connectivity index (χ0n) is 11.8. The minimum Gasteiger partial charge on any atom is -0.459 e. The van der Waals surface area contributed by atoms with Crippen LogP contribution < -0.4 is 5.32 Å². The van der Waals surface area contributed by atoms with Gasteiger partial charge in [-0.2, -0.15) is 0 Å². The van der Waals surface area contributed by atoms with Gasteiger partial charge in [0.05, 0.1) is 6.04 Å². The molecule has 0 aliphatic heterocycles. The molecule has 0 saturated heterocycles. The van der Waals surface area contributed by atoms with Gasteiger partial charge in [0.1, 0.15) is 11.3 Å². The van der Waals surface area contributed by atoms with Gasteiger partial charge in [-0.3, -0.25) is 0 Å². The highest BCUT2D eigenvalue weighted by molar-refractivity contribution is 5.77. The van der Waals surface area contributed by atoms with E-state index in [1.54, 1.807) is 7.11 Å². The maximum Gasteiger partial charge on any atom is 0.134 e. The lowest BCUT2D eigenvalue weighted by Crippen LogP contribution is -2.19. The Bertz CT molecular complexity index is 459. The number of ether oxygens (including phenoxy) is 1. The molecule has 1 heterocycles. The smallest absolute Gasteiger partial charge is 0.134 e. The van der Waals surface area contributed by atoms with Crippen LogP contribution in [0.4, 0.5) is 0 Å². The number of methoxy groups -OCH3 is 1. The third kappa shape index (κ3) is 4.08. The third-order valence-electron chi connectivity index (χ3n) is 3.35. The molecule has 3 nitrogen and oxygen atoms in total. The summed E-state index contributed by atoms with van der Waals surface area (Å²) in [4.78, 5) is 0. The van der Waals surface area contributed by atoms with Gasteiger partial charge in [0.2, 0.25) is 0 Å². The fourth-order valence-corrected chi connectivity index (χ4v) is 2.18. The molecule has 0 amide bonds. The van der Waals surface area contributed by atoms with Crippen LogP contribution in [0.5, 0.6) is 0 Å². The van der Waals surface area contributed by atoms with Crippen molar-refractivity contribution in [2.75, 3.05) is 20.3 Å². The molecule has 1 N–H and O–H groups in total. The van der Waals surface area contributed by atoms with Crippen molar-refractivity contribution < 1.29 is 9.15 Å². The monoisotopic (exact) mass is 261 g/mol. The van der Waals surface area contributed by atoms with E-state index in [4.69, 9.17) is 9.15 Å². The fourth-order valence-electron chi connectivity index (χ4n) is 2.18. The summed E-state index contributed by atoms with van der Waals surface area (Å²) in [6.07, 6.45) is 3.51. The second-order valence-corrected chi connectivity index (χ2v) is 4.92. The Labute approximate surface area is 114 Å². The topological polar surface area (TPSA) is 34.4 Å². The lowest BCUT2D eigenvalue weighted by atomic mass is 10.2. The summed E-state index contributed by atoms with van der Waals surface area (Å²) in [5.41, 5.74) is 0.964. The van der Waals surface area contributed by atoms with Crippen LogP contribution in [0.1, 0.15) is 38.0 Å². The number of hydrogen-bond donors (Lipinski definition) is 1. The highest BCUT2D eigenvalue weighted by Crippen LogP contribution is 2.23. The molecule has 2 rings (SSSR count). The second-order valence-electron chi connectivity index (χ2n) is 4.92. The summed E-state index contributed by atoms with van der Waals surface area (Å²) in [7, 11) is 1.75. The third-order valence-corrected chi connectivity index (χ3v) is 3.35. The van der Waals surface area contributed by atoms with Gasteiger partial charge in [-0.05, 0) is 44.9 Å². The summed E-state index contributed by atoms with van der Waals surface area (Å²) in [6, 6.07) is 10.5. The van der Waals surface area contributed by atoms with Gasteiger partial charge in [-0.25, -0.2) is 0 Å². The number of benzene rings is 1. The zero-order valence-corrected chi connectivity index (χ0v) is 11.8. The van der Waals surface area contributed by atoms with E-state index in [9.17, 15) is 0 Å². The Kier molecular flexibility index (Phi) is 5.43. The van der Waals surface area contributed by atoms with Crippen LogP contribution in [0, 0.1) is 0 Å². The van der Waals surface area contributed by atoms with E-state index in [1.807, 2.05) is 18.2 Å². The molecule has 1 unspecified atom stereocenters. The molecule has 2 aromatic rings. The van der Waals surface area contributed by atoms with Gasteiger partial charge >= 0.3 is 0 Å². The molecule has 0 fully saturated rings. The summed E-state index contributed by atoms with van der Waals surface area (Å²) >= 11 is 0. The minimum absolute atomic E-state index is 0.259. The van der Waals surface area contributed by atoms with E-state index in [0.29, 0.717) is 0 Å². The molecular weight excluding hydrogens is 238 g/mol. The minimum atomic E-state index is 0.259. The first-order valence-corrected chi connectivity index (χ1v) is 7.02. The normalized spacial score (nSPS) is 12.9. The molecular formula is C16H23NO2. The van der Waals surface area contributed by atoms with Crippen molar-refractivity contribution in [1.82, 2.24) is 5.32 Å². The average molecular weight is 261 g/mol. The van der Waals surface area contributed by atoms with Crippen molar-refractivity contribution in [1.29, 1.82) is 0 Å². The van der Waals surface area contributed by atoms with Crippen molar-refractivity contribution in [3.8, 4) is 0 Å². The predicted molar refractivity (Wildman–Crippen MR) is 78.4 cm³/mol. The van der Waals surface area contributed by atoms with Gasteiger partial charge in [0, 0.05) is 19.1 Å². The molecule has 1 aromatic carbocycles. The Morgan fingerprint density at radius 2 is 2.05 bits per heavy atom. The molecule has 104 valence electrons. The number of nitrogens with one attached hydrogen (secondary N) is 1. The van der Waals surface area contributed by atoms with Crippen molar-refractivity contribution >= 4 is 11.0 Å². The van der Waals surface area contributed by atoms with Gasteiger partial charge in [0.15, 0.2) is 0 Å². The first kappa shape index (κ1) is 14.1. The average Bonchev–Trinajstić information content (AvgIpc) is 2.86.